The molecule has 32 heavy (non-hydrogen) atoms. The number of rotatable bonds is 10. The van der Waals surface area contributed by atoms with E-state index in [1.54, 1.807) is 16.2 Å². The van der Waals surface area contributed by atoms with Gasteiger partial charge in [-0.1, -0.05) is 26.3 Å². The number of fused-ring (bicyclic) bond motifs is 1. The first-order chi connectivity index (χ1) is 15.4. The van der Waals surface area contributed by atoms with Gasteiger partial charge in [0.2, 0.25) is 18.6 Å². The molecule has 0 saturated heterocycles. The molecule has 1 aliphatic heterocycles. The van der Waals surface area contributed by atoms with Crippen molar-refractivity contribution in [3.63, 3.8) is 0 Å². The van der Waals surface area contributed by atoms with E-state index in [4.69, 9.17) is 9.47 Å². The molecule has 2 heterocycles. The van der Waals surface area contributed by atoms with Crippen LogP contribution in [0.3, 0.4) is 0 Å². The van der Waals surface area contributed by atoms with Gasteiger partial charge in [-0.05, 0) is 60.4 Å². The third-order valence-electron chi connectivity index (χ3n) is 6.26. The van der Waals surface area contributed by atoms with E-state index in [9.17, 15) is 9.59 Å². The average Bonchev–Trinajstić information content (AvgIpc) is 3.40. The molecule has 2 amide bonds. The van der Waals surface area contributed by atoms with Crippen molar-refractivity contribution in [2.24, 2.45) is 11.8 Å². The number of thiophene rings is 1. The van der Waals surface area contributed by atoms with Gasteiger partial charge in [-0.15, -0.1) is 11.3 Å². The van der Waals surface area contributed by atoms with Gasteiger partial charge in [-0.25, -0.2) is 0 Å². The highest BCUT2D eigenvalue weighted by Gasteiger charge is 2.35. The minimum absolute atomic E-state index is 0.0206. The van der Waals surface area contributed by atoms with Gasteiger partial charge in [0.25, 0.3) is 0 Å². The number of hydrogen-bond donors (Lipinski definition) is 0. The molecule has 0 N–H and O–H groups in total. The van der Waals surface area contributed by atoms with Gasteiger partial charge in [0.1, 0.15) is 0 Å². The van der Waals surface area contributed by atoms with Gasteiger partial charge >= 0.3 is 0 Å². The predicted molar refractivity (Wildman–Crippen MR) is 125 cm³/mol. The first-order valence-electron chi connectivity index (χ1n) is 11.4. The van der Waals surface area contributed by atoms with E-state index in [0.717, 1.165) is 30.6 Å². The van der Waals surface area contributed by atoms with Crippen LogP contribution in [0.1, 0.15) is 49.1 Å². The molecule has 1 aliphatic carbocycles. The lowest BCUT2D eigenvalue weighted by atomic mass is 10.1. The second-order valence-corrected chi connectivity index (χ2v) is 9.97. The van der Waals surface area contributed by atoms with Crippen molar-refractivity contribution in [3.8, 4) is 11.5 Å². The lowest BCUT2D eigenvalue weighted by Crippen LogP contribution is -2.44. The number of carbonyl (C=O) groups is 2. The normalized spacial score (nSPS) is 15.5. The van der Waals surface area contributed by atoms with E-state index < -0.39 is 0 Å². The molecule has 0 bridgehead atoms. The van der Waals surface area contributed by atoms with Gasteiger partial charge in [0, 0.05) is 23.9 Å². The molecule has 4 rings (SSSR count). The fourth-order valence-corrected chi connectivity index (χ4v) is 4.74. The monoisotopic (exact) mass is 456 g/mol. The van der Waals surface area contributed by atoms with E-state index >= 15 is 0 Å². The van der Waals surface area contributed by atoms with Crippen molar-refractivity contribution in [1.82, 2.24) is 9.80 Å². The van der Waals surface area contributed by atoms with Crippen LogP contribution in [0.5, 0.6) is 11.5 Å². The fourth-order valence-electron chi connectivity index (χ4n) is 3.82. The van der Waals surface area contributed by atoms with Crippen molar-refractivity contribution in [1.29, 1.82) is 0 Å². The number of ether oxygens (including phenoxy) is 2. The molecule has 1 aromatic heterocycles. The van der Waals surface area contributed by atoms with Crippen LogP contribution in [0.25, 0.3) is 0 Å². The number of carbonyl (C=O) groups excluding carboxylic acids is 2. The maximum atomic E-state index is 13.5. The molecule has 0 unspecified atom stereocenters. The number of benzene rings is 1. The zero-order valence-electron chi connectivity index (χ0n) is 19.1. The van der Waals surface area contributed by atoms with Crippen LogP contribution in [0, 0.1) is 18.8 Å². The Hall–Kier alpha value is -2.54. The summed E-state index contributed by atoms with van der Waals surface area (Å²) >= 11 is 1.66. The molecule has 2 aromatic rings. The third kappa shape index (κ3) is 5.44. The maximum Gasteiger partial charge on any atom is 0.242 e. The Labute approximate surface area is 194 Å². The van der Waals surface area contributed by atoms with Crippen molar-refractivity contribution < 1.29 is 19.1 Å². The number of nitrogens with zero attached hydrogens (tertiary/aromatic N) is 2. The SMILES string of the molecule is CC[C@@H](C)CN(CC(=O)N(Cc1ccc2c(c1)OCO2)Cc1sccc1C)C(=O)C1CC1. The van der Waals surface area contributed by atoms with Crippen LogP contribution in [-0.4, -0.2) is 41.5 Å². The molecule has 0 radical (unpaired) electrons. The quantitative estimate of drug-likeness (QED) is 0.524. The Morgan fingerprint density at radius 1 is 1.12 bits per heavy atom. The number of aryl methyl sites for hydroxylation is 1. The Bertz CT molecular complexity index is 969. The largest absolute Gasteiger partial charge is 0.454 e. The number of hydrogen-bond acceptors (Lipinski definition) is 5. The summed E-state index contributed by atoms with van der Waals surface area (Å²) in [7, 11) is 0. The molecule has 172 valence electrons. The Kier molecular flexibility index (Phi) is 7.04. The highest BCUT2D eigenvalue weighted by molar-refractivity contribution is 7.10. The van der Waals surface area contributed by atoms with Crippen LogP contribution in [0.15, 0.2) is 29.6 Å². The van der Waals surface area contributed by atoms with Crippen molar-refractivity contribution in [2.75, 3.05) is 19.9 Å². The molecule has 1 aromatic carbocycles. The Morgan fingerprint density at radius 3 is 2.59 bits per heavy atom. The van der Waals surface area contributed by atoms with E-state index in [-0.39, 0.29) is 31.1 Å². The molecular formula is C25H32N2O4S. The molecule has 0 spiro atoms. The summed E-state index contributed by atoms with van der Waals surface area (Å²) in [6.45, 7) is 8.31. The average molecular weight is 457 g/mol. The molecule has 1 atom stereocenters. The highest BCUT2D eigenvalue weighted by Crippen LogP contribution is 2.34. The van der Waals surface area contributed by atoms with Gasteiger partial charge in [-0.3, -0.25) is 9.59 Å². The molecule has 1 saturated carbocycles. The summed E-state index contributed by atoms with van der Waals surface area (Å²) in [5, 5.41) is 2.06. The lowest BCUT2D eigenvalue weighted by molar-refractivity contribution is -0.142. The van der Waals surface area contributed by atoms with Crippen LogP contribution in [0.2, 0.25) is 0 Å². The molecular weight excluding hydrogens is 424 g/mol. The molecule has 7 heteroatoms. The summed E-state index contributed by atoms with van der Waals surface area (Å²) < 4.78 is 10.9. The van der Waals surface area contributed by atoms with Crippen LogP contribution < -0.4 is 9.47 Å². The van der Waals surface area contributed by atoms with Crippen molar-refractivity contribution in [3.05, 3.63) is 45.6 Å². The van der Waals surface area contributed by atoms with Gasteiger partial charge < -0.3 is 19.3 Å². The molecule has 2 aliphatic rings. The fraction of sp³-hybridized carbons (Fsp3) is 0.520. The smallest absolute Gasteiger partial charge is 0.242 e. The third-order valence-corrected chi connectivity index (χ3v) is 7.27. The number of amides is 2. The Balaban J connectivity index is 1.52. The van der Waals surface area contributed by atoms with E-state index in [1.807, 2.05) is 23.1 Å². The van der Waals surface area contributed by atoms with E-state index in [2.05, 4.69) is 32.2 Å². The lowest BCUT2D eigenvalue weighted by Gasteiger charge is -2.29. The summed E-state index contributed by atoms with van der Waals surface area (Å²) in [5.41, 5.74) is 2.17. The summed E-state index contributed by atoms with van der Waals surface area (Å²) in [4.78, 5) is 31.2. The van der Waals surface area contributed by atoms with E-state index in [1.165, 1.54) is 10.4 Å². The first kappa shape index (κ1) is 22.6. The second kappa shape index (κ2) is 9.94. The van der Waals surface area contributed by atoms with Gasteiger partial charge in [-0.2, -0.15) is 0 Å². The predicted octanol–water partition coefficient (Wildman–Crippen LogP) is 4.60. The minimum atomic E-state index is -0.0206. The topological polar surface area (TPSA) is 59.1 Å². The summed E-state index contributed by atoms with van der Waals surface area (Å²) in [5.74, 6) is 2.03. The van der Waals surface area contributed by atoms with E-state index in [0.29, 0.717) is 31.3 Å². The van der Waals surface area contributed by atoms with Gasteiger partial charge in [0.15, 0.2) is 11.5 Å². The minimum Gasteiger partial charge on any atom is -0.454 e. The Morgan fingerprint density at radius 2 is 1.91 bits per heavy atom. The standard InChI is InChI=1S/C25H32N2O4S/c1-4-17(2)12-27(25(29)20-6-7-20)15-24(28)26(14-23-18(3)9-10-32-23)13-19-5-8-21-22(11-19)31-16-30-21/h5,8-11,17,20H,4,6-7,12-16H2,1-3H3/t17-/m1/s1. The molecule has 1 fully saturated rings. The van der Waals surface area contributed by atoms with Crippen molar-refractivity contribution >= 4 is 23.2 Å². The van der Waals surface area contributed by atoms with Crippen LogP contribution in [-0.2, 0) is 22.7 Å². The zero-order valence-corrected chi connectivity index (χ0v) is 20.0. The summed E-state index contributed by atoms with van der Waals surface area (Å²) in [6, 6.07) is 7.88. The maximum absolute atomic E-state index is 13.5. The van der Waals surface area contributed by atoms with Crippen LogP contribution >= 0.6 is 11.3 Å². The second-order valence-electron chi connectivity index (χ2n) is 8.97. The van der Waals surface area contributed by atoms with Crippen LogP contribution in [0.4, 0.5) is 0 Å². The van der Waals surface area contributed by atoms with Crippen molar-refractivity contribution in [2.45, 2.75) is 53.1 Å². The summed E-state index contributed by atoms with van der Waals surface area (Å²) in [6.07, 6.45) is 2.87. The highest BCUT2D eigenvalue weighted by atomic mass is 32.1. The molecule has 6 nitrogen and oxygen atoms in total. The first-order valence-corrected chi connectivity index (χ1v) is 12.3. The van der Waals surface area contributed by atoms with Gasteiger partial charge in [0.05, 0.1) is 13.1 Å². The zero-order chi connectivity index (χ0) is 22.7.